The Morgan fingerprint density at radius 3 is 2.55 bits per heavy atom. The van der Waals surface area contributed by atoms with E-state index in [9.17, 15) is 9.59 Å². The van der Waals surface area contributed by atoms with Crippen molar-refractivity contribution in [2.45, 2.75) is 38.5 Å². The molecule has 2 aliphatic rings. The second-order valence-corrected chi connectivity index (χ2v) is 7.51. The maximum atomic E-state index is 13.3. The van der Waals surface area contributed by atoms with Gasteiger partial charge in [0.15, 0.2) is 5.78 Å². The van der Waals surface area contributed by atoms with Crippen LogP contribution in [0.3, 0.4) is 0 Å². The standard InChI is InChI=1S/C24H24N2O3/c1-3-29-24(28)21-15(2)26-19-13-17(16-9-5-4-6-10-16)14-20(27)22(19)23(21)18-11-7-8-12-25-18/h4-12,17,21,23H,3,13-14H2,1-2H3/t17-,21?,23-/m0/s1. The Balaban J connectivity index is 1.79. The summed E-state index contributed by atoms with van der Waals surface area (Å²) in [5, 5.41) is 0. The molecule has 29 heavy (non-hydrogen) atoms. The molecule has 0 N–H and O–H groups in total. The van der Waals surface area contributed by atoms with Crippen LogP contribution in [0.25, 0.3) is 0 Å². The Morgan fingerprint density at radius 2 is 1.86 bits per heavy atom. The number of ether oxygens (including phenoxy) is 1. The molecular weight excluding hydrogens is 364 g/mol. The largest absolute Gasteiger partial charge is 0.465 e. The maximum absolute atomic E-state index is 13.3. The van der Waals surface area contributed by atoms with Gasteiger partial charge in [-0.15, -0.1) is 0 Å². The molecular formula is C24H24N2O3. The van der Waals surface area contributed by atoms with E-state index >= 15 is 0 Å². The lowest BCUT2D eigenvalue weighted by molar-refractivity contribution is -0.146. The minimum absolute atomic E-state index is 0.0429. The molecule has 0 fully saturated rings. The summed E-state index contributed by atoms with van der Waals surface area (Å²) in [5.41, 5.74) is 3.93. The first-order valence-electron chi connectivity index (χ1n) is 10.0. The molecule has 2 aromatic rings. The third-order valence-corrected chi connectivity index (χ3v) is 5.71. The summed E-state index contributed by atoms with van der Waals surface area (Å²) < 4.78 is 5.33. The molecule has 0 saturated carbocycles. The number of hydrogen-bond acceptors (Lipinski definition) is 5. The predicted octanol–water partition coefficient (Wildman–Crippen LogP) is 4.22. The topological polar surface area (TPSA) is 68.6 Å². The van der Waals surface area contributed by atoms with Crippen LogP contribution in [0, 0.1) is 5.92 Å². The molecule has 0 radical (unpaired) electrons. The van der Waals surface area contributed by atoms with Crippen LogP contribution in [0.4, 0.5) is 0 Å². The summed E-state index contributed by atoms with van der Waals surface area (Å²) in [6.45, 7) is 3.91. The highest BCUT2D eigenvalue weighted by molar-refractivity contribution is 6.09. The van der Waals surface area contributed by atoms with Crippen LogP contribution in [0.15, 0.2) is 71.0 Å². The van der Waals surface area contributed by atoms with Crippen LogP contribution in [-0.4, -0.2) is 29.1 Å². The highest BCUT2D eigenvalue weighted by Gasteiger charge is 2.45. The first-order chi connectivity index (χ1) is 14.1. The van der Waals surface area contributed by atoms with Crippen molar-refractivity contribution in [2.24, 2.45) is 10.9 Å². The average molecular weight is 388 g/mol. The molecule has 3 atom stereocenters. The van der Waals surface area contributed by atoms with Gasteiger partial charge in [-0.25, -0.2) is 0 Å². The quantitative estimate of drug-likeness (QED) is 0.736. The number of nitrogens with zero attached hydrogens (tertiary/aromatic N) is 2. The number of Topliss-reactive ketones (excluding diaryl/α,β-unsaturated/α-hetero) is 1. The predicted molar refractivity (Wildman–Crippen MR) is 111 cm³/mol. The lowest BCUT2D eigenvalue weighted by Crippen LogP contribution is -2.38. The first-order valence-corrected chi connectivity index (χ1v) is 10.0. The zero-order valence-electron chi connectivity index (χ0n) is 16.7. The van der Waals surface area contributed by atoms with Gasteiger partial charge in [-0.1, -0.05) is 36.4 Å². The first kappa shape index (κ1) is 19.2. The van der Waals surface area contributed by atoms with E-state index in [1.54, 1.807) is 13.1 Å². The third-order valence-electron chi connectivity index (χ3n) is 5.71. The summed E-state index contributed by atoms with van der Waals surface area (Å²) in [4.78, 5) is 35.3. The van der Waals surface area contributed by atoms with Crippen molar-refractivity contribution >= 4 is 17.5 Å². The molecule has 4 rings (SSSR count). The monoisotopic (exact) mass is 388 g/mol. The number of aromatic nitrogens is 1. The van der Waals surface area contributed by atoms with Gasteiger partial charge in [-0.3, -0.25) is 19.6 Å². The fraction of sp³-hybridized carbons (Fsp3) is 0.333. The van der Waals surface area contributed by atoms with Crippen molar-refractivity contribution in [1.29, 1.82) is 0 Å². The van der Waals surface area contributed by atoms with Crippen LogP contribution < -0.4 is 0 Å². The molecule has 1 aliphatic heterocycles. The number of ketones is 1. The minimum Gasteiger partial charge on any atom is -0.465 e. The highest BCUT2D eigenvalue weighted by atomic mass is 16.5. The number of allylic oxidation sites excluding steroid dienone is 2. The van der Waals surface area contributed by atoms with Gasteiger partial charge in [0.2, 0.25) is 0 Å². The number of carbonyl (C=O) groups excluding carboxylic acids is 2. The van der Waals surface area contributed by atoms with Gasteiger partial charge < -0.3 is 4.74 Å². The normalized spacial score (nSPS) is 24.0. The number of rotatable bonds is 4. The van der Waals surface area contributed by atoms with E-state index < -0.39 is 11.8 Å². The Labute approximate surface area is 170 Å². The number of carbonyl (C=O) groups is 2. The molecule has 1 aromatic carbocycles. The van der Waals surface area contributed by atoms with Gasteiger partial charge in [-0.2, -0.15) is 0 Å². The number of benzene rings is 1. The SMILES string of the molecule is CCOC(=O)C1C(C)=NC2=C(C(=O)C[C@@H](c3ccccc3)C2)[C@H]1c1ccccn1. The van der Waals surface area contributed by atoms with Crippen molar-refractivity contribution in [1.82, 2.24) is 4.98 Å². The van der Waals surface area contributed by atoms with Gasteiger partial charge in [0.1, 0.15) is 5.92 Å². The van der Waals surface area contributed by atoms with Crippen LogP contribution in [0.1, 0.15) is 49.8 Å². The second kappa shape index (κ2) is 8.11. The van der Waals surface area contributed by atoms with Crippen molar-refractivity contribution < 1.29 is 14.3 Å². The fourth-order valence-electron chi connectivity index (χ4n) is 4.44. The van der Waals surface area contributed by atoms with Gasteiger partial charge in [0.25, 0.3) is 0 Å². The van der Waals surface area contributed by atoms with E-state index in [4.69, 9.17) is 9.73 Å². The van der Waals surface area contributed by atoms with E-state index in [1.807, 2.05) is 43.3 Å². The van der Waals surface area contributed by atoms with E-state index in [0.29, 0.717) is 29.8 Å². The molecule has 148 valence electrons. The Kier molecular flexibility index (Phi) is 5.38. The van der Waals surface area contributed by atoms with Gasteiger partial charge in [0, 0.05) is 35.3 Å². The van der Waals surface area contributed by atoms with Crippen molar-refractivity contribution in [3.63, 3.8) is 0 Å². The van der Waals surface area contributed by atoms with Crippen LogP contribution in [0.2, 0.25) is 0 Å². The number of aliphatic imine (C=N–C) groups is 1. The fourth-order valence-corrected chi connectivity index (χ4v) is 4.44. The summed E-state index contributed by atoms with van der Waals surface area (Å²) >= 11 is 0. The van der Waals surface area contributed by atoms with Crippen LogP contribution >= 0.6 is 0 Å². The van der Waals surface area contributed by atoms with Gasteiger partial charge in [-0.05, 0) is 43.9 Å². The molecule has 0 saturated heterocycles. The number of hydrogen-bond donors (Lipinski definition) is 0. The Bertz CT molecular complexity index is 980. The lowest BCUT2D eigenvalue weighted by atomic mass is 9.70. The van der Waals surface area contributed by atoms with Crippen molar-refractivity contribution in [2.75, 3.05) is 6.61 Å². The third kappa shape index (κ3) is 3.65. The minimum atomic E-state index is -0.624. The number of pyridine rings is 1. The average Bonchev–Trinajstić information content (AvgIpc) is 2.74. The summed E-state index contributed by atoms with van der Waals surface area (Å²) in [7, 11) is 0. The van der Waals surface area contributed by atoms with Crippen LogP contribution in [-0.2, 0) is 14.3 Å². The molecule has 0 bridgehead atoms. The maximum Gasteiger partial charge on any atom is 0.315 e. The summed E-state index contributed by atoms with van der Waals surface area (Å²) in [5.74, 6) is -1.29. The summed E-state index contributed by atoms with van der Waals surface area (Å²) in [6.07, 6.45) is 2.79. The smallest absolute Gasteiger partial charge is 0.315 e. The zero-order chi connectivity index (χ0) is 20.4. The molecule has 2 heterocycles. The van der Waals surface area contributed by atoms with Crippen molar-refractivity contribution in [3.8, 4) is 0 Å². The number of esters is 1. The Morgan fingerprint density at radius 1 is 1.10 bits per heavy atom. The highest BCUT2D eigenvalue weighted by Crippen LogP contribution is 2.46. The van der Waals surface area contributed by atoms with Crippen molar-refractivity contribution in [3.05, 3.63) is 77.3 Å². The molecule has 5 nitrogen and oxygen atoms in total. The zero-order valence-corrected chi connectivity index (χ0v) is 16.7. The van der Waals surface area contributed by atoms with E-state index in [2.05, 4.69) is 17.1 Å². The molecule has 1 unspecified atom stereocenters. The lowest BCUT2D eigenvalue weighted by Gasteiger charge is -2.36. The Hall–Kier alpha value is -3.08. The molecule has 0 amide bonds. The molecule has 0 spiro atoms. The van der Waals surface area contributed by atoms with E-state index in [1.165, 1.54) is 0 Å². The van der Waals surface area contributed by atoms with Crippen LogP contribution in [0.5, 0.6) is 0 Å². The molecule has 1 aromatic heterocycles. The second-order valence-electron chi connectivity index (χ2n) is 7.51. The summed E-state index contributed by atoms with van der Waals surface area (Å²) in [6, 6.07) is 15.7. The van der Waals surface area contributed by atoms with E-state index in [-0.39, 0.29) is 24.3 Å². The molecule has 1 aliphatic carbocycles. The molecule has 5 heteroatoms. The van der Waals surface area contributed by atoms with Gasteiger partial charge in [0.05, 0.1) is 12.5 Å². The van der Waals surface area contributed by atoms with Gasteiger partial charge >= 0.3 is 5.97 Å². The van der Waals surface area contributed by atoms with E-state index in [0.717, 1.165) is 11.3 Å².